The third kappa shape index (κ3) is 3.57. The number of hydrogen-bond acceptors (Lipinski definition) is 4. The van der Waals surface area contributed by atoms with E-state index in [1.54, 1.807) is 0 Å². The van der Waals surface area contributed by atoms with Crippen LogP contribution >= 0.6 is 22.6 Å². The summed E-state index contributed by atoms with van der Waals surface area (Å²) in [5, 5.41) is 6.70. The van der Waals surface area contributed by atoms with Gasteiger partial charge in [-0.25, -0.2) is 9.97 Å². The minimum atomic E-state index is 0.682. The van der Waals surface area contributed by atoms with Crippen LogP contribution < -0.4 is 10.6 Å². The fraction of sp³-hybridized carbons (Fsp3) is 0.600. The van der Waals surface area contributed by atoms with E-state index >= 15 is 0 Å². The Morgan fingerprint density at radius 1 is 1.47 bits per heavy atom. The summed E-state index contributed by atoms with van der Waals surface area (Å²) < 4.78 is 1.07. The van der Waals surface area contributed by atoms with Crippen molar-refractivity contribution in [3.8, 4) is 0 Å². The Morgan fingerprint density at radius 3 is 2.93 bits per heavy atom. The predicted octanol–water partition coefficient (Wildman–Crippen LogP) is 1.64. The van der Waals surface area contributed by atoms with E-state index in [0.717, 1.165) is 22.5 Å². The summed E-state index contributed by atoms with van der Waals surface area (Å²) in [6.45, 7) is 2.11. The van der Waals surface area contributed by atoms with E-state index < -0.39 is 0 Å². The summed E-state index contributed by atoms with van der Waals surface area (Å²) >= 11 is 2.20. The lowest BCUT2D eigenvalue weighted by atomic mass is 10.1. The van der Waals surface area contributed by atoms with Gasteiger partial charge in [-0.15, -0.1) is 0 Å². The molecule has 0 unspecified atom stereocenters. The van der Waals surface area contributed by atoms with Crippen LogP contribution in [0.2, 0.25) is 0 Å². The standard InChI is InChI=1S/C10H15IN4/c11-8-6-14-10(15-7-8)13-5-3-9-2-1-4-12-9/h6-7,9,12H,1-5H2,(H,13,14,15)/t9-/m0/s1. The van der Waals surface area contributed by atoms with Gasteiger partial charge in [-0.3, -0.25) is 0 Å². The molecule has 5 heteroatoms. The van der Waals surface area contributed by atoms with Crippen LogP contribution in [0.4, 0.5) is 5.95 Å². The molecule has 1 fully saturated rings. The molecule has 1 atom stereocenters. The van der Waals surface area contributed by atoms with E-state index in [-0.39, 0.29) is 0 Å². The molecule has 1 aliphatic rings. The molecule has 0 spiro atoms. The SMILES string of the molecule is Ic1cnc(NCC[C@@H]2CCCN2)nc1. The molecule has 0 radical (unpaired) electrons. The van der Waals surface area contributed by atoms with Gasteiger partial charge in [0.25, 0.3) is 0 Å². The van der Waals surface area contributed by atoms with Gasteiger partial charge in [-0.1, -0.05) is 0 Å². The van der Waals surface area contributed by atoms with Crippen molar-refractivity contribution < 1.29 is 0 Å². The second-order valence-corrected chi connectivity index (χ2v) is 4.98. The first kappa shape index (κ1) is 11.1. The largest absolute Gasteiger partial charge is 0.354 e. The molecule has 0 amide bonds. The quantitative estimate of drug-likeness (QED) is 0.829. The third-order valence-electron chi connectivity index (χ3n) is 2.56. The van der Waals surface area contributed by atoms with E-state index in [2.05, 4.69) is 43.2 Å². The van der Waals surface area contributed by atoms with Gasteiger partial charge in [-0.2, -0.15) is 0 Å². The monoisotopic (exact) mass is 318 g/mol. The van der Waals surface area contributed by atoms with Gasteiger partial charge in [0, 0.05) is 28.6 Å². The smallest absolute Gasteiger partial charge is 0.222 e. The molecule has 0 aliphatic carbocycles. The van der Waals surface area contributed by atoms with E-state index in [9.17, 15) is 0 Å². The molecule has 1 aromatic heterocycles. The van der Waals surface area contributed by atoms with E-state index in [1.807, 2.05) is 12.4 Å². The lowest BCUT2D eigenvalue weighted by molar-refractivity contribution is 0.573. The second kappa shape index (κ2) is 5.60. The first-order chi connectivity index (χ1) is 7.34. The van der Waals surface area contributed by atoms with E-state index in [4.69, 9.17) is 0 Å². The minimum absolute atomic E-state index is 0.682. The van der Waals surface area contributed by atoms with Crippen LogP contribution in [-0.2, 0) is 0 Å². The van der Waals surface area contributed by atoms with E-state index in [1.165, 1.54) is 19.4 Å². The second-order valence-electron chi connectivity index (χ2n) is 3.73. The van der Waals surface area contributed by atoms with Gasteiger partial charge in [0.1, 0.15) is 0 Å². The maximum absolute atomic E-state index is 4.19. The zero-order valence-electron chi connectivity index (χ0n) is 8.54. The van der Waals surface area contributed by atoms with Crippen molar-refractivity contribution in [3.63, 3.8) is 0 Å². The van der Waals surface area contributed by atoms with Crippen LogP contribution in [0.3, 0.4) is 0 Å². The average molecular weight is 318 g/mol. The molecule has 1 saturated heterocycles. The highest BCUT2D eigenvalue weighted by molar-refractivity contribution is 14.1. The number of nitrogens with zero attached hydrogens (tertiary/aromatic N) is 2. The Balaban J connectivity index is 1.71. The maximum atomic E-state index is 4.19. The zero-order chi connectivity index (χ0) is 10.5. The van der Waals surface area contributed by atoms with Crippen LogP contribution in [0, 0.1) is 3.57 Å². The van der Waals surface area contributed by atoms with Crippen LogP contribution in [0.1, 0.15) is 19.3 Å². The fourth-order valence-electron chi connectivity index (χ4n) is 1.76. The van der Waals surface area contributed by atoms with Gasteiger partial charge in [0.05, 0.1) is 0 Å². The number of anilines is 1. The molecule has 0 saturated carbocycles. The molecule has 1 aliphatic heterocycles. The van der Waals surface area contributed by atoms with Crippen LogP contribution in [0.5, 0.6) is 0 Å². The highest BCUT2D eigenvalue weighted by Gasteiger charge is 2.12. The van der Waals surface area contributed by atoms with Crippen molar-refractivity contribution in [2.24, 2.45) is 0 Å². The van der Waals surface area contributed by atoms with Crippen molar-refractivity contribution in [1.29, 1.82) is 0 Å². The number of halogens is 1. The number of nitrogens with one attached hydrogen (secondary N) is 2. The molecule has 2 N–H and O–H groups in total. The van der Waals surface area contributed by atoms with Gasteiger partial charge < -0.3 is 10.6 Å². The number of hydrogen-bond donors (Lipinski definition) is 2. The minimum Gasteiger partial charge on any atom is -0.354 e. The lowest BCUT2D eigenvalue weighted by Crippen LogP contribution is -2.24. The van der Waals surface area contributed by atoms with Crippen molar-refractivity contribution in [2.75, 3.05) is 18.4 Å². The number of aromatic nitrogens is 2. The maximum Gasteiger partial charge on any atom is 0.222 e. The normalized spacial score (nSPS) is 20.5. The zero-order valence-corrected chi connectivity index (χ0v) is 10.7. The molecule has 2 rings (SSSR count). The number of rotatable bonds is 4. The topological polar surface area (TPSA) is 49.8 Å². The molecule has 2 heterocycles. The summed E-state index contributed by atoms with van der Waals surface area (Å²) in [5.41, 5.74) is 0. The Morgan fingerprint density at radius 2 is 2.27 bits per heavy atom. The van der Waals surface area contributed by atoms with Crippen LogP contribution in [0.25, 0.3) is 0 Å². The van der Waals surface area contributed by atoms with Gasteiger partial charge in [-0.05, 0) is 48.4 Å². The molecule has 82 valence electrons. The van der Waals surface area contributed by atoms with Crippen molar-refractivity contribution >= 4 is 28.5 Å². The van der Waals surface area contributed by atoms with Gasteiger partial charge in [0.15, 0.2) is 0 Å². The summed E-state index contributed by atoms with van der Waals surface area (Å²) in [6, 6.07) is 0.682. The van der Waals surface area contributed by atoms with Crippen LogP contribution in [-0.4, -0.2) is 29.1 Å². The predicted molar refractivity (Wildman–Crippen MR) is 68.9 cm³/mol. The molecule has 0 aromatic carbocycles. The molecule has 4 nitrogen and oxygen atoms in total. The summed E-state index contributed by atoms with van der Waals surface area (Å²) in [7, 11) is 0. The first-order valence-corrected chi connectivity index (χ1v) is 6.37. The van der Waals surface area contributed by atoms with Gasteiger partial charge >= 0.3 is 0 Å². The van der Waals surface area contributed by atoms with Crippen molar-refractivity contribution in [1.82, 2.24) is 15.3 Å². The molecule has 15 heavy (non-hydrogen) atoms. The fourth-order valence-corrected chi connectivity index (χ4v) is 2.04. The Kier molecular flexibility index (Phi) is 4.13. The molecule has 0 bridgehead atoms. The lowest BCUT2D eigenvalue weighted by Gasteiger charge is -2.10. The first-order valence-electron chi connectivity index (χ1n) is 5.29. The average Bonchev–Trinajstić information content (AvgIpc) is 2.74. The molecule has 1 aromatic rings. The Bertz CT molecular complexity index is 295. The highest BCUT2D eigenvalue weighted by atomic mass is 127. The Labute approximate surface area is 103 Å². The summed E-state index contributed by atoms with van der Waals surface area (Å²) in [6.07, 6.45) is 7.41. The van der Waals surface area contributed by atoms with Gasteiger partial charge in [0.2, 0.25) is 5.95 Å². The van der Waals surface area contributed by atoms with Crippen molar-refractivity contribution in [3.05, 3.63) is 16.0 Å². The summed E-state index contributed by atoms with van der Waals surface area (Å²) in [5.74, 6) is 0.730. The molecular weight excluding hydrogens is 303 g/mol. The van der Waals surface area contributed by atoms with E-state index in [0.29, 0.717) is 6.04 Å². The summed E-state index contributed by atoms with van der Waals surface area (Å²) in [4.78, 5) is 8.38. The van der Waals surface area contributed by atoms with Crippen LogP contribution in [0.15, 0.2) is 12.4 Å². The Hall–Kier alpha value is -0.430. The third-order valence-corrected chi connectivity index (χ3v) is 3.12. The molecular formula is C10H15IN4. The van der Waals surface area contributed by atoms with Crippen molar-refractivity contribution in [2.45, 2.75) is 25.3 Å². The highest BCUT2D eigenvalue weighted by Crippen LogP contribution is 2.09.